The molecule has 0 aromatic carbocycles. The van der Waals surface area contributed by atoms with Crippen LogP contribution in [0.25, 0.3) is 0 Å². The molecule has 106 valence electrons. The number of pyridine rings is 1. The van der Waals surface area contributed by atoms with E-state index in [0.29, 0.717) is 11.5 Å². The number of aromatic nitrogens is 1. The Labute approximate surface area is 113 Å². The van der Waals surface area contributed by atoms with Crippen molar-refractivity contribution in [3.8, 4) is 0 Å². The predicted octanol–water partition coefficient (Wildman–Crippen LogP) is 3.84. The minimum Gasteiger partial charge on any atom is -0.460 e. The highest BCUT2D eigenvalue weighted by Gasteiger charge is 2.30. The van der Waals surface area contributed by atoms with E-state index in [1.165, 1.54) is 6.07 Å². The lowest BCUT2D eigenvalue weighted by molar-refractivity contribution is -0.137. The molecule has 0 radical (unpaired) electrons. The van der Waals surface area contributed by atoms with Gasteiger partial charge in [0.1, 0.15) is 23.1 Å². The number of alkyl halides is 3. The molecule has 7 heteroatoms. The Morgan fingerprint density at radius 3 is 2.50 bits per heavy atom. The number of aryl methyl sites for hydroxylation is 1. The van der Waals surface area contributed by atoms with Crippen LogP contribution < -0.4 is 5.43 Å². The molecule has 0 atom stereocenters. The van der Waals surface area contributed by atoms with E-state index in [1.807, 2.05) is 6.92 Å². The van der Waals surface area contributed by atoms with Crippen LogP contribution in [0.4, 0.5) is 19.0 Å². The standard InChI is InChI=1S/C13H12F3N3O/c1-8-3-5-11(20-8)9(2)18-19-12-6-4-10(7-17-12)13(14,15)16/h3-7H,1-2H3,(H,17,19). The zero-order chi connectivity index (χ0) is 14.8. The van der Waals surface area contributed by atoms with E-state index in [-0.39, 0.29) is 5.82 Å². The summed E-state index contributed by atoms with van der Waals surface area (Å²) < 4.78 is 42.4. The van der Waals surface area contributed by atoms with Crippen LogP contribution >= 0.6 is 0 Å². The first-order chi connectivity index (χ1) is 9.36. The fraction of sp³-hybridized carbons (Fsp3) is 0.231. The lowest BCUT2D eigenvalue weighted by Crippen LogP contribution is -2.06. The maximum absolute atomic E-state index is 12.4. The summed E-state index contributed by atoms with van der Waals surface area (Å²) in [4.78, 5) is 3.65. The molecule has 4 nitrogen and oxygen atoms in total. The van der Waals surface area contributed by atoms with Gasteiger partial charge in [-0.15, -0.1) is 0 Å². The summed E-state index contributed by atoms with van der Waals surface area (Å²) in [7, 11) is 0. The molecule has 1 N–H and O–H groups in total. The molecular weight excluding hydrogens is 271 g/mol. The van der Waals surface area contributed by atoms with Gasteiger partial charge < -0.3 is 4.42 Å². The Morgan fingerprint density at radius 2 is 2.00 bits per heavy atom. The molecule has 2 heterocycles. The van der Waals surface area contributed by atoms with Crippen LogP contribution in [-0.2, 0) is 6.18 Å². The summed E-state index contributed by atoms with van der Waals surface area (Å²) in [6.45, 7) is 3.52. The second-order valence-corrected chi connectivity index (χ2v) is 4.15. The van der Waals surface area contributed by atoms with Gasteiger partial charge in [-0.3, -0.25) is 5.43 Å². The monoisotopic (exact) mass is 283 g/mol. The number of furan rings is 1. The number of rotatable bonds is 3. The average molecular weight is 283 g/mol. The Hall–Kier alpha value is -2.31. The largest absolute Gasteiger partial charge is 0.460 e. The number of nitrogens with one attached hydrogen (secondary N) is 1. The topological polar surface area (TPSA) is 50.4 Å². The van der Waals surface area contributed by atoms with E-state index < -0.39 is 11.7 Å². The molecule has 0 aliphatic carbocycles. The van der Waals surface area contributed by atoms with Crippen molar-refractivity contribution >= 4 is 11.5 Å². The molecule has 20 heavy (non-hydrogen) atoms. The Bertz CT molecular complexity index is 615. The third-order valence-electron chi connectivity index (χ3n) is 2.53. The van der Waals surface area contributed by atoms with Crippen LogP contribution in [0.2, 0.25) is 0 Å². The van der Waals surface area contributed by atoms with Crippen LogP contribution in [0.1, 0.15) is 24.0 Å². The minimum atomic E-state index is -4.39. The summed E-state index contributed by atoms with van der Waals surface area (Å²) in [6, 6.07) is 5.71. The zero-order valence-electron chi connectivity index (χ0n) is 10.8. The van der Waals surface area contributed by atoms with Crippen LogP contribution in [0.5, 0.6) is 0 Å². The van der Waals surface area contributed by atoms with Crippen molar-refractivity contribution < 1.29 is 17.6 Å². The first-order valence-corrected chi connectivity index (χ1v) is 5.76. The second-order valence-electron chi connectivity index (χ2n) is 4.15. The minimum absolute atomic E-state index is 0.223. The smallest absolute Gasteiger partial charge is 0.417 e. The van der Waals surface area contributed by atoms with Gasteiger partial charge in [-0.2, -0.15) is 18.3 Å². The SMILES string of the molecule is CC(=NNc1ccc(C(F)(F)F)cn1)c1ccc(C)o1. The van der Waals surface area contributed by atoms with E-state index in [0.717, 1.165) is 18.0 Å². The predicted molar refractivity (Wildman–Crippen MR) is 68.5 cm³/mol. The van der Waals surface area contributed by atoms with E-state index in [4.69, 9.17) is 4.42 Å². The van der Waals surface area contributed by atoms with Crippen LogP contribution in [0.15, 0.2) is 40.0 Å². The molecular formula is C13H12F3N3O. The van der Waals surface area contributed by atoms with Crippen molar-refractivity contribution in [1.29, 1.82) is 0 Å². The third kappa shape index (κ3) is 3.37. The van der Waals surface area contributed by atoms with Crippen molar-refractivity contribution in [2.45, 2.75) is 20.0 Å². The van der Waals surface area contributed by atoms with E-state index in [2.05, 4.69) is 15.5 Å². The van der Waals surface area contributed by atoms with Crippen molar-refractivity contribution in [2.75, 3.05) is 5.43 Å². The number of halogens is 3. The summed E-state index contributed by atoms with van der Waals surface area (Å²) >= 11 is 0. The summed E-state index contributed by atoms with van der Waals surface area (Å²) in [5.41, 5.74) is 2.35. The Morgan fingerprint density at radius 1 is 1.25 bits per heavy atom. The number of hydrazone groups is 1. The van der Waals surface area contributed by atoms with Crippen molar-refractivity contribution in [2.24, 2.45) is 5.10 Å². The highest BCUT2D eigenvalue weighted by Crippen LogP contribution is 2.28. The van der Waals surface area contributed by atoms with Crippen LogP contribution in [0, 0.1) is 6.92 Å². The molecule has 2 rings (SSSR count). The van der Waals surface area contributed by atoms with E-state index in [9.17, 15) is 13.2 Å². The first kappa shape index (κ1) is 14.1. The van der Waals surface area contributed by atoms with Crippen molar-refractivity contribution in [3.05, 3.63) is 47.5 Å². The molecule has 0 saturated carbocycles. The fourth-order valence-corrected chi connectivity index (χ4v) is 1.45. The molecule has 2 aromatic rings. The van der Waals surface area contributed by atoms with Gasteiger partial charge in [0, 0.05) is 6.20 Å². The van der Waals surface area contributed by atoms with Gasteiger partial charge in [0.05, 0.1) is 5.56 Å². The fourth-order valence-electron chi connectivity index (χ4n) is 1.45. The first-order valence-electron chi connectivity index (χ1n) is 5.76. The molecule has 0 spiro atoms. The van der Waals surface area contributed by atoms with E-state index in [1.54, 1.807) is 19.1 Å². The molecule has 0 aliphatic heterocycles. The summed E-state index contributed by atoms with van der Waals surface area (Å²) in [5, 5.41) is 4.00. The van der Waals surface area contributed by atoms with Crippen LogP contribution in [0.3, 0.4) is 0 Å². The molecule has 0 saturated heterocycles. The second kappa shape index (κ2) is 5.36. The van der Waals surface area contributed by atoms with Gasteiger partial charge >= 0.3 is 6.18 Å². The third-order valence-corrected chi connectivity index (χ3v) is 2.53. The maximum atomic E-state index is 12.4. The van der Waals surface area contributed by atoms with Crippen molar-refractivity contribution in [1.82, 2.24) is 4.98 Å². The number of hydrogen-bond donors (Lipinski definition) is 1. The van der Waals surface area contributed by atoms with Crippen molar-refractivity contribution in [3.63, 3.8) is 0 Å². The average Bonchev–Trinajstić information content (AvgIpc) is 2.82. The zero-order valence-corrected chi connectivity index (χ0v) is 10.8. The van der Waals surface area contributed by atoms with Gasteiger partial charge in [-0.1, -0.05) is 0 Å². The normalized spacial score (nSPS) is 12.6. The van der Waals surface area contributed by atoms with Gasteiger partial charge in [-0.25, -0.2) is 4.98 Å². The maximum Gasteiger partial charge on any atom is 0.417 e. The van der Waals surface area contributed by atoms with Gasteiger partial charge in [0.15, 0.2) is 0 Å². The van der Waals surface area contributed by atoms with Gasteiger partial charge in [0.25, 0.3) is 0 Å². The molecule has 2 aromatic heterocycles. The summed E-state index contributed by atoms with van der Waals surface area (Å²) in [6.07, 6.45) is -3.64. The van der Waals surface area contributed by atoms with E-state index >= 15 is 0 Å². The highest BCUT2D eigenvalue weighted by molar-refractivity contribution is 5.96. The Kier molecular flexibility index (Phi) is 3.78. The molecule has 0 bridgehead atoms. The molecule has 0 amide bonds. The number of hydrogen-bond acceptors (Lipinski definition) is 4. The molecule has 0 unspecified atom stereocenters. The molecule has 0 aliphatic rings. The van der Waals surface area contributed by atoms with Gasteiger partial charge in [-0.05, 0) is 38.1 Å². The quantitative estimate of drug-likeness (QED) is 0.687. The lowest BCUT2D eigenvalue weighted by atomic mass is 10.3. The Balaban J connectivity index is 2.07. The molecule has 0 fully saturated rings. The number of nitrogens with zero attached hydrogens (tertiary/aromatic N) is 2. The highest BCUT2D eigenvalue weighted by atomic mass is 19.4. The summed E-state index contributed by atoms with van der Waals surface area (Å²) in [5.74, 6) is 1.56. The number of anilines is 1. The van der Waals surface area contributed by atoms with Gasteiger partial charge in [0.2, 0.25) is 0 Å². The van der Waals surface area contributed by atoms with Crippen LogP contribution in [-0.4, -0.2) is 10.7 Å². The lowest BCUT2D eigenvalue weighted by Gasteiger charge is -2.06.